The number of oxime groups is 1. The molecule has 5 rings (SSSR count). The van der Waals surface area contributed by atoms with Crippen LogP contribution in [0.3, 0.4) is 0 Å². The van der Waals surface area contributed by atoms with Crippen LogP contribution in [0.4, 0.5) is 0 Å². The highest BCUT2D eigenvalue weighted by Crippen LogP contribution is 2.39. The van der Waals surface area contributed by atoms with Gasteiger partial charge in [-0.1, -0.05) is 30.3 Å². The van der Waals surface area contributed by atoms with Crippen molar-refractivity contribution in [2.45, 2.75) is 38.1 Å². The fraction of sp³-hybridized carbons (Fsp3) is 0.346. The van der Waals surface area contributed by atoms with Gasteiger partial charge >= 0.3 is 5.97 Å². The molecule has 1 aromatic carbocycles. The molecule has 6 N–H and O–H groups in total. The number of cyclic esters (lactones) is 1. The predicted octanol–water partition coefficient (Wildman–Crippen LogP) is -0.168. The fourth-order valence-corrected chi connectivity index (χ4v) is 4.81. The molecule has 0 aliphatic carbocycles. The van der Waals surface area contributed by atoms with Crippen LogP contribution < -0.4 is 22.3 Å². The molecular formula is C26H28N6O6. The van der Waals surface area contributed by atoms with E-state index in [-0.39, 0.29) is 61.9 Å². The Kier molecular flexibility index (Phi) is 6.69. The van der Waals surface area contributed by atoms with Crippen molar-refractivity contribution in [3.05, 3.63) is 62.9 Å². The summed E-state index contributed by atoms with van der Waals surface area (Å²) < 4.78 is 6.71. The Bertz CT molecular complexity index is 1530. The minimum absolute atomic E-state index is 0.0423. The number of rotatable bonds is 8. The lowest BCUT2D eigenvalue weighted by Gasteiger charge is -2.31. The average Bonchev–Trinajstić information content (AvgIpc) is 3.30. The topological polar surface area (TPSA) is 184 Å². The van der Waals surface area contributed by atoms with Gasteiger partial charge in [-0.3, -0.25) is 9.59 Å². The number of pyridine rings is 2. The number of esters is 1. The molecule has 0 spiro atoms. The SMILES string of the molecule is CC[C@@]1(O)C(=O)OCc2c1cc1n(c2=O)Cc2c-1nc1ccccc1c2/C=N/OCCNC(=O)C(N)CN. The molecule has 198 valence electrons. The molecular weight excluding hydrogens is 492 g/mol. The summed E-state index contributed by atoms with van der Waals surface area (Å²) in [4.78, 5) is 47.8. The fourth-order valence-electron chi connectivity index (χ4n) is 4.81. The van der Waals surface area contributed by atoms with Gasteiger partial charge < -0.3 is 36.0 Å². The first-order valence-corrected chi connectivity index (χ1v) is 12.3. The van der Waals surface area contributed by atoms with Crippen LogP contribution >= 0.6 is 0 Å². The van der Waals surface area contributed by atoms with E-state index < -0.39 is 17.6 Å². The first-order chi connectivity index (χ1) is 18.3. The van der Waals surface area contributed by atoms with E-state index in [0.717, 1.165) is 16.5 Å². The number of ether oxygens (including phenoxy) is 1. The molecule has 2 atom stereocenters. The van der Waals surface area contributed by atoms with Crippen molar-refractivity contribution < 1.29 is 24.3 Å². The summed E-state index contributed by atoms with van der Waals surface area (Å²) >= 11 is 0. The third-order valence-electron chi connectivity index (χ3n) is 6.98. The maximum absolute atomic E-state index is 13.5. The zero-order chi connectivity index (χ0) is 27.0. The van der Waals surface area contributed by atoms with Crippen molar-refractivity contribution in [3.63, 3.8) is 0 Å². The molecule has 0 saturated heterocycles. The van der Waals surface area contributed by atoms with E-state index in [4.69, 9.17) is 26.0 Å². The van der Waals surface area contributed by atoms with E-state index in [1.807, 2.05) is 24.3 Å². The highest BCUT2D eigenvalue weighted by Gasteiger charge is 2.45. The molecule has 0 bridgehead atoms. The van der Waals surface area contributed by atoms with Crippen molar-refractivity contribution in [2.75, 3.05) is 19.7 Å². The molecule has 4 heterocycles. The van der Waals surface area contributed by atoms with Gasteiger partial charge in [0.2, 0.25) is 5.91 Å². The smallest absolute Gasteiger partial charge is 0.343 e. The lowest BCUT2D eigenvalue weighted by molar-refractivity contribution is -0.172. The van der Waals surface area contributed by atoms with Gasteiger partial charge in [-0.15, -0.1) is 0 Å². The second-order valence-corrected chi connectivity index (χ2v) is 9.17. The number of carbonyl (C=O) groups excluding carboxylic acids is 2. The molecule has 12 nitrogen and oxygen atoms in total. The van der Waals surface area contributed by atoms with E-state index in [1.54, 1.807) is 23.8 Å². The molecule has 2 aromatic heterocycles. The van der Waals surface area contributed by atoms with Gasteiger partial charge in [0.15, 0.2) is 5.60 Å². The summed E-state index contributed by atoms with van der Waals surface area (Å²) in [6, 6.07) is 8.37. The summed E-state index contributed by atoms with van der Waals surface area (Å²) in [7, 11) is 0. The maximum atomic E-state index is 13.5. The lowest BCUT2D eigenvalue weighted by Crippen LogP contribution is -2.46. The first-order valence-electron chi connectivity index (χ1n) is 12.3. The van der Waals surface area contributed by atoms with Crippen LogP contribution in [0.25, 0.3) is 22.3 Å². The Hall–Kier alpha value is -4.13. The number of hydrogen-bond acceptors (Lipinski definition) is 10. The zero-order valence-electron chi connectivity index (χ0n) is 20.8. The number of para-hydroxylation sites is 1. The number of amides is 1. The van der Waals surface area contributed by atoms with Gasteiger partial charge in [0, 0.05) is 28.6 Å². The van der Waals surface area contributed by atoms with Gasteiger partial charge in [0.25, 0.3) is 5.56 Å². The monoisotopic (exact) mass is 520 g/mol. The Morgan fingerprint density at radius 3 is 2.92 bits per heavy atom. The van der Waals surface area contributed by atoms with Crippen LogP contribution in [0.2, 0.25) is 0 Å². The van der Waals surface area contributed by atoms with Crippen molar-refractivity contribution in [1.82, 2.24) is 14.9 Å². The highest BCUT2D eigenvalue weighted by atomic mass is 16.6. The van der Waals surface area contributed by atoms with Crippen LogP contribution in [0, 0.1) is 0 Å². The highest BCUT2D eigenvalue weighted by molar-refractivity contribution is 6.02. The third kappa shape index (κ3) is 4.12. The van der Waals surface area contributed by atoms with Crippen LogP contribution in [0.5, 0.6) is 0 Å². The van der Waals surface area contributed by atoms with E-state index in [9.17, 15) is 19.5 Å². The van der Waals surface area contributed by atoms with Gasteiger partial charge in [0.1, 0.15) is 13.2 Å². The molecule has 2 aliphatic rings. The maximum Gasteiger partial charge on any atom is 0.343 e. The second-order valence-electron chi connectivity index (χ2n) is 9.17. The molecule has 0 fully saturated rings. The van der Waals surface area contributed by atoms with Crippen LogP contribution in [-0.2, 0) is 37.9 Å². The summed E-state index contributed by atoms with van der Waals surface area (Å²) in [6.07, 6.45) is 1.62. The van der Waals surface area contributed by atoms with E-state index in [1.165, 1.54) is 0 Å². The van der Waals surface area contributed by atoms with Crippen molar-refractivity contribution in [2.24, 2.45) is 16.6 Å². The minimum atomic E-state index is -1.90. The number of nitrogens with two attached hydrogens (primary N) is 2. The van der Waals surface area contributed by atoms with E-state index >= 15 is 0 Å². The van der Waals surface area contributed by atoms with Crippen LogP contribution in [0.15, 0.2) is 40.3 Å². The zero-order valence-corrected chi connectivity index (χ0v) is 20.8. The number of nitrogens with one attached hydrogen (secondary N) is 1. The van der Waals surface area contributed by atoms with Crippen molar-refractivity contribution in [3.8, 4) is 11.4 Å². The number of fused-ring (bicyclic) bond motifs is 5. The number of benzene rings is 1. The number of carbonyl (C=O) groups is 2. The van der Waals surface area contributed by atoms with Crippen molar-refractivity contribution in [1.29, 1.82) is 0 Å². The lowest BCUT2D eigenvalue weighted by atomic mass is 9.86. The van der Waals surface area contributed by atoms with Crippen LogP contribution in [0.1, 0.15) is 35.6 Å². The van der Waals surface area contributed by atoms with Gasteiger partial charge in [-0.25, -0.2) is 9.78 Å². The molecule has 38 heavy (non-hydrogen) atoms. The van der Waals surface area contributed by atoms with E-state index in [0.29, 0.717) is 16.9 Å². The molecule has 3 aromatic rings. The third-order valence-corrected chi connectivity index (χ3v) is 6.98. The Morgan fingerprint density at radius 1 is 1.37 bits per heavy atom. The molecule has 0 radical (unpaired) electrons. The Balaban J connectivity index is 1.50. The molecule has 2 aliphatic heterocycles. The molecule has 0 saturated carbocycles. The Labute approximate surface area is 217 Å². The second kappa shape index (κ2) is 9.97. The molecule has 12 heteroatoms. The van der Waals surface area contributed by atoms with Gasteiger partial charge in [0.05, 0.1) is 47.8 Å². The first kappa shape index (κ1) is 25.5. The number of aromatic nitrogens is 2. The standard InChI is InChI=1S/C26H28N6O6/c1-2-26(36)18-9-21-22-16(12-32(21)24(34)17(18)13-37-25(26)35)15(14-5-3-4-6-20(14)31-22)11-30-38-8-7-29-23(33)19(28)10-27/h3-6,9,11,19,36H,2,7-8,10,12-13,27-28H2,1H3,(H,29,33)/b30-11+/t19?,26-/m0/s1. The summed E-state index contributed by atoms with van der Waals surface area (Å²) in [6.45, 7) is 2.04. The molecule has 1 amide bonds. The van der Waals surface area contributed by atoms with Crippen molar-refractivity contribution >= 4 is 29.0 Å². The normalized spacial score (nSPS) is 18.6. The Morgan fingerprint density at radius 2 is 2.16 bits per heavy atom. The molecule has 1 unspecified atom stereocenters. The van der Waals surface area contributed by atoms with Gasteiger partial charge in [-0.2, -0.15) is 0 Å². The quantitative estimate of drug-likeness (QED) is 0.106. The van der Waals surface area contributed by atoms with Crippen LogP contribution in [-0.4, -0.2) is 58.5 Å². The predicted molar refractivity (Wildman–Crippen MR) is 138 cm³/mol. The number of aliphatic hydroxyl groups is 1. The number of nitrogens with zero attached hydrogens (tertiary/aromatic N) is 3. The van der Waals surface area contributed by atoms with Gasteiger partial charge in [-0.05, 0) is 18.6 Å². The summed E-state index contributed by atoms with van der Waals surface area (Å²) in [5, 5.41) is 18.6. The largest absolute Gasteiger partial charge is 0.458 e. The number of hydrogen-bond donors (Lipinski definition) is 4. The average molecular weight is 521 g/mol. The van der Waals surface area contributed by atoms with E-state index in [2.05, 4.69) is 10.5 Å². The summed E-state index contributed by atoms with van der Waals surface area (Å²) in [5.74, 6) is -1.14. The minimum Gasteiger partial charge on any atom is -0.458 e. The summed E-state index contributed by atoms with van der Waals surface area (Å²) in [5.41, 5.74) is 12.5.